The Morgan fingerprint density at radius 3 is 1.93 bits per heavy atom. The van der Waals surface area contributed by atoms with Crippen molar-refractivity contribution in [3.8, 4) is 0 Å². The minimum Gasteiger partial charge on any atom is -0.339 e. The minimum atomic E-state index is 0.137. The Bertz CT molecular complexity index is 938. The van der Waals surface area contributed by atoms with Crippen LogP contribution in [0.3, 0.4) is 0 Å². The zero-order chi connectivity index (χ0) is 18.5. The van der Waals surface area contributed by atoms with Crippen molar-refractivity contribution in [3.05, 3.63) is 107 Å². The molecule has 4 rings (SSSR count). The van der Waals surface area contributed by atoms with E-state index in [0.29, 0.717) is 0 Å². The topological polar surface area (TPSA) is 20.3 Å². The van der Waals surface area contributed by atoms with Crippen LogP contribution >= 0.6 is 0 Å². The minimum absolute atomic E-state index is 0.137. The number of hydrogen-bond acceptors (Lipinski definition) is 1. The first kappa shape index (κ1) is 17.3. The Balaban J connectivity index is 1.84. The largest absolute Gasteiger partial charge is 0.339 e. The Morgan fingerprint density at radius 2 is 1.26 bits per heavy atom. The van der Waals surface area contributed by atoms with Crippen LogP contribution in [0.5, 0.6) is 0 Å². The van der Waals surface area contributed by atoms with Crippen LogP contribution in [-0.2, 0) is 0 Å². The van der Waals surface area contributed by atoms with Gasteiger partial charge in [0, 0.05) is 18.7 Å². The van der Waals surface area contributed by atoms with Crippen LogP contribution in [0.1, 0.15) is 39.9 Å². The van der Waals surface area contributed by atoms with E-state index in [9.17, 15) is 4.79 Å². The SMILES string of the molecule is O=C(c1ccccc1/C(=C/c1ccccc1)c1ccccc1)N1CCCC1. The first-order valence-electron chi connectivity index (χ1n) is 9.54. The van der Waals surface area contributed by atoms with Gasteiger partial charge < -0.3 is 4.90 Å². The molecule has 0 spiro atoms. The molecule has 3 aromatic rings. The maximum absolute atomic E-state index is 13.2. The Hall–Kier alpha value is -3.13. The van der Waals surface area contributed by atoms with Crippen molar-refractivity contribution >= 4 is 17.6 Å². The average molecular weight is 353 g/mol. The molecule has 1 aliphatic heterocycles. The third-order valence-electron chi connectivity index (χ3n) is 5.04. The predicted molar refractivity (Wildman–Crippen MR) is 111 cm³/mol. The van der Waals surface area contributed by atoms with Crippen LogP contribution in [0, 0.1) is 0 Å². The van der Waals surface area contributed by atoms with E-state index >= 15 is 0 Å². The second kappa shape index (κ2) is 8.05. The maximum atomic E-state index is 13.2. The molecule has 0 unspecified atom stereocenters. The van der Waals surface area contributed by atoms with Crippen LogP contribution < -0.4 is 0 Å². The molecule has 0 bridgehead atoms. The summed E-state index contributed by atoms with van der Waals surface area (Å²) in [6.45, 7) is 1.71. The summed E-state index contributed by atoms with van der Waals surface area (Å²) in [5, 5.41) is 0. The number of likely N-dealkylation sites (tertiary alicyclic amines) is 1. The summed E-state index contributed by atoms with van der Waals surface area (Å²) in [4.78, 5) is 15.1. The van der Waals surface area contributed by atoms with Gasteiger partial charge in [0.05, 0.1) is 0 Å². The lowest BCUT2D eigenvalue weighted by Crippen LogP contribution is -2.28. The van der Waals surface area contributed by atoms with Gasteiger partial charge in [-0.3, -0.25) is 4.79 Å². The van der Waals surface area contributed by atoms with Gasteiger partial charge in [-0.1, -0.05) is 78.9 Å². The average Bonchev–Trinajstić information content (AvgIpc) is 3.28. The smallest absolute Gasteiger partial charge is 0.254 e. The number of carbonyl (C=O) groups is 1. The van der Waals surface area contributed by atoms with Crippen molar-refractivity contribution in [2.75, 3.05) is 13.1 Å². The molecule has 1 fully saturated rings. The Kier molecular flexibility index (Phi) is 5.15. The molecule has 3 aromatic carbocycles. The third-order valence-corrected chi connectivity index (χ3v) is 5.04. The number of nitrogens with zero attached hydrogens (tertiary/aromatic N) is 1. The summed E-state index contributed by atoms with van der Waals surface area (Å²) in [5.41, 5.74) is 5.09. The van der Waals surface area contributed by atoms with Gasteiger partial charge in [0.1, 0.15) is 0 Å². The van der Waals surface area contributed by atoms with Crippen LogP contribution in [0.15, 0.2) is 84.9 Å². The summed E-state index contributed by atoms with van der Waals surface area (Å²) < 4.78 is 0. The number of amides is 1. The lowest BCUT2D eigenvalue weighted by Gasteiger charge is -2.19. The molecule has 1 heterocycles. The van der Waals surface area contributed by atoms with Gasteiger partial charge >= 0.3 is 0 Å². The lowest BCUT2D eigenvalue weighted by molar-refractivity contribution is 0.0792. The van der Waals surface area contributed by atoms with Crippen molar-refractivity contribution in [3.63, 3.8) is 0 Å². The zero-order valence-electron chi connectivity index (χ0n) is 15.3. The quantitative estimate of drug-likeness (QED) is 0.566. The van der Waals surface area contributed by atoms with Gasteiger partial charge in [-0.05, 0) is 47.2 Å². The van der Waals surface area contributed by atoms with Crippen molar-refractivity contribution in [1.82, 2.24) is 4.90 Å². The lowest BCUT2D eigenvalue weighted by atomic mass is 9.91. The molecule has 2 nitrogen and oxygen atoms in total. The molecule has 27 heavy (non-hydrogen) atoms. The van der Waals surface area contributed by atoms with Gasteiger partial charge in [0.2, 0.25) is 0 Å². The zero-order valence-corrected chi connectivity index (χ0v) is 15.3. The summed E-state index contributed by atoms with van der Waals surface area (Å²) >= 11 is 0. The second-order valence-electron chi connectivity index (χ2n) is 6.88. The molecule has 0 saturated carbocycles. The predicted octanol–water partition coefficient (Wildman–Crippen LogP) is 5.51. The van der Waals surface area contributed by atoms with Gasteiger partial charge in [0.15, 0.2) is 0 Å². The van der Waals surface area contributed by atoms with E-state index in [1.807, 2.05) is 59.5 Å². The highest BCUT2D eigenvalue weighted by Crippen LogP contribution is 2.30. The molecule has 0 aliphatic carbocycles. The highest BCUT2D eigenvalue weighted by Gasteiger charge is 2.23. The fourth-order valence-corrected chi connectivity index (χ4v) is 3.65. The number of rotatable bonds is 4. The van der Waals surface area contributed by atoms with Crippen LogP contribution in [0.25, 0.3) is 11.6 Å². The van der Waals surface area contributed by atoms with Crippen LogP contribution in [0.4, 0.5) is 0 Å². The van der Waals surface area contributed by atoms with Crippen LogP contribution in [-0.4, -0.2) is 23.9 Å². The van der Waals surface area contributed by atoms with Crippen molar-refractivity contribution < 1.29 is 4.79 Å². The number of hydrogen-bond donors (Lipinski definition) is 0. The monoisotopic (exact) mass is 353 g/mol. The Labute approximate surface area is 160 Å². The molecule has 2 heteroatoms. The molecule has 1 aliphatic rings. The molecular formula is C25H23NO. The summed E-state index contributed by atoms with van der Waals surface area (Å²) in [7, 11) is 0. The number of carbonyl (C=O) groups excluding carboxylic acids is 1. The van der Waals surface area contributed by atoms with E-state index in [1.165, 1.54) is 0 Å². The van der Waals surface area contributed by atoms with Gasteiger partial charge in [-0.15, -0.1) is 0 Å². The summed E-state index contributed by atoms with van der Waals surface area (Å²) in [5.74, 6) is 0.137. The normalized spacial score (nSPS) is 14.4. The Morgan fingerprint density at radius 1 is 0.704 bits per heavy atom. The highest BCUT2D eigenvalue weighted by atomic mass is 16.2. The molecule has 0 atom stereocenters. The number of benzene rings is 3. The molecule has 0 aromatic heterocycles. The first-order chi connectivity index (χ1) is 13.3. The molecular weight excluding hydrogens is 330 g/mol. The van der Waals surface area contributed by atoms with E-state index in [4.69, 9.17) is 0 Å². The molecule has 1 amide bonds. The molecule has 1 saturated heterocycles. The van der Waals surface area contributed by atoms with Crippen molar-refractivity contribution in [2.24, 2.45) is 0 Å². The van der Waals surface area contributed by atoms with E-state index in [1.54, 1.807) is 0 Å². The second-order valence-corrected chi connectivity index (χ2v) is 6.88. The molecule has 0 radical (unpaired) electrons. The highest BCUT2D eigenvalue weighted by molar-refractivity contribution is 6.04. The van der Waals surface area contributed by atoms with Crippen LogP contribution in [0.2, 0.25) is 0 Å². The first-order valence-corrected chi connectivity index (χ1v) is 9.54. The third kappa shape index (κ3) is 3.85. The fraction of sp³-hybridized carbons (Fsp3) is 0.160. The molecule has 0 N–H and O–H groups in total. The standard InChI is InChI=1S/C25H23NO/c27-25(26-17-9-10-18-26)23-16-8-7-15-22(23)24(21-13-5-2-6-14-21)19-20-11-3-1-4-12-20/h1-8,11-16,19H,9-10,17-18H2/b24-19+. The maximum Gasteiger partial charge on any atom is 0.254 e. The van der Waals surface area contributed by atoms with E-state index in [-0.39, 0.29) is 5.91 Å². The van der Waals surface area contributed by atoms with Gasteiger partial charge in [-0.25, -0.2) is 0 Å². The summed E-state index contributed by atoms with van der Waals surface area (Å²) in [6, 6.07) is 28.6. The van der Waals surface area contributed by atoms with E-state index in [0.717, 1.165) is 53.8 Å². The van der Waals surface area contributed by atoms with E-state index < -0.39 is 0 Å². The van der Waals surface area contributed by atoms with Crippen molar-refractivity contribution in [2.45, 2.75) is 12.8 Å². The van der Waals surface area contributed by atoms with Gasteiger partial charge in [0.25, 0.3) is 5.91 Å². The fourth-order valence-electron chi connectivity index (χ4n) is 3.65. The van der Waals surface area contributed by atoms with Gasteiger partial charge in [-0.2, -0.15) is 0 Å². The van der Waals surface area contributed by atoms with E-state index in [2.05, 4.69) is 36.4 Å². The van der Waals surface area contributed by atoms with Crippen molar-refractivity contribution in [1.29, 1.82) is 0 Å². The molecule has 134 valence electrons. The summed E-state index contributed by atoms with van der Waals surface area (Å²) in [6.07, 6.45) is 4.37.